The van der Waals surface area contributed by atoms with Crippen molar-refractivity contribution in [2.75, 3.05) is 0 Å². The van der Waals surface area contributed by atoms with Gasteiger partial charge in [-0.05, 0) is 30.2 Å². The predicted molar refractivity (Wildman–Crippen MR) is 79.6 cm³/mol. The lowest BCUT2D eigenvalue weighted by Gasteiger charge is -2.12. The Balaban J connectivity index is 2.23. The highest BCUT2D eigenvalue weighted by molar-refractivity contribution is 6.00. The molecule has 0 fully saturated rings. The Morgan fingerprint density at radius 2 is 1.63 bits per heavy atom. The van der Waals surface area contributed by atoms with Crippen LogP contribution in [0.5, 0.6) is 0 Å². The summed E-state index contributed by atoms with van der Waals surface area (Å²) in [6, 6.07) is 12.2. The van der Waals surface area contributed by atoms with E-state index in [4.69, 9.17) is 0 Å². The number of carbonyl (C=O) groups excluding carboxylic acids is 1. The van der Waals surface area contributed by atoms with Crippen molar-refractivity contribution in [1.29, 1.82) is 0 Å². The Bertz CT molecular complexity index is 702. The quantitative estimate of drug-likeness (QED) is 0.707. The van der Waals surface area contributed by atoms with Crippen LogP contribution in [-0.2, 0) is 0 Å². The molecule has 0 N–H and O–H groups in total. The minimum atomic E-state index is 0.227. The van der Waals surface area contributed by atoms with Crippen LogP contribution in [0.1, 0.15) is 35.7 Å². The third kappa shape index (κ3) is 1.91. The summed E-state index contributed by atoms with van der Waals surface area (Å²) in [6.07, 6.45) is 5.45. The molecular weight excluding hydrogens is 232 g/mol. The molecule has 0 heterocycles. The van der Waals surface area contributed by atoms with E-state index in [1.165, 1.54) is 11.1 Å². The van der Waals surface area contributed by atoms with Crippen LogP contribution in [0, 0.1) is 0 Å². The lowest BCUT2D eigenvalue weighted by molar-refractivity contribution is 0.112. The maximum absolute atomic E-state index is 11.5. The molecule has 0 radical (unpaired) electrons. The zero-order chi connectivity index (χ0) is 13.4. The van der Waals surface area contributed by atoms with Gasteiger partial charge in [-0.25, -0.2) is 0 Å². The van der Waals surface area contributed by atoms with E-state index < -0.39 is 0 Å². The van der Waals surface area contributed by atoms with E-state index in [1.807, 2.05) is 24.3 Å². The number of fused-ring (bicyclic) bond motifs is 1. The van der Waals surface area contributed by atoms with Crippen molar-refractivity contribution in [2.45, 2.75) is 19.8 Å². The summed E-state index contributed by atoms with van der Waals surface area (Å²) in [5, 5.41) is 2.16. The number of rotatable bonds is 2. The lowest BCUT2D eigenvalue weighted by Crippen LogP contribution is -1.97. The minimum Gasteiger partial charge on any atom is -0.298 e. The van der Waals surface area contributed by atoms with Gasteiger partial charge < -0.3 is 0 Å². The van der Waals surface area contributed by atoms with Crippen LogP contribution in [-0.4, -0.2) is 6.29 Å². The third-order valence-corrected chi connectivity index (χ3v) is 3.96. The fourth-order valence-electron chi connectivity index (χ4n) is 2.76. The van der Waals surface area contributed by atoms with Crippen molar-refractivity contribution in [1.82, 2.24) is 0 Å². The molecule has 1 nitrogen and oxygen atoms in total. The van der Waals surface area contributed by atoms with Gasteiger partial charge in [0.25, 0.3) is 0 Å². The highest BCUT2D eigenvalue weighted by Gasteiger charge is 2.17. The van der Waals surface area contributed by atoms with Crippen molar-refractivity contribution >= 4 is 17.1 Å². The Morgan fingerprint density at radius 3 is 2.32 bits per heavy atom. The number of benzene rings is 2. The highest BCUT2D eigenvalue weighted by atomic mass is 16.1. The normalized spacial score (nSPS) is 15.5. The van der Waals surface area contributed by atoms with Crippen LogP contribution in [0.15, 0.2) is 59.7 Å². The fourth-order valence-corrected chi connectivity index (χ4v) is 2.76. The van der Waals surface area contributed by atoms with Crippen LogP contribution < -0.4 is 0 Å². The first kappa shape index (κ1) is 11.9. The Morgan fingerprint density at radius 1 is 0.947 bits per heavy atom. The van der Waals surface area contributed by atoms with E-state index in [1.54, 1.807) is 0 Å². The number of carbonyl (C=O) groups is 1. The first-order valence-corrected chi connectivity index (χ1v) is 6.55. The summed E-state index contributed by atoms with van der Waals surface area (Å²) < 4.78 is 0. The molecule has 1 heteroatoms. The van der Waals surface area contributed by atoms with Crippen molar-refractivity contribution < 1.29 is 4.79 Å². The van der Waals surface area contributed by atoms with Crippen LogP contribution in [0.3, 0.4) is 0 Å². The average Bonchev–Trinajstić information content (AvgIpc) is 2.77. The second kappa shape index (κ2) is 4.51. The zero-order valence-corrected chi connectivity index (χ0v) is 11.2. The van der Waals surface area contributed by atoms with Crippen LogP contribution >= 0.6 is 0 Å². The molecule has 0 bridgehead atoms. The molecular formula is C18H16O. The summed E-state index contributed by atoms with van der Waals surface area (Å²) in [4.78, 5) is 11.5. The summed E-state index contributed by atoms with van der Waals surface area (Å²) in [5.41, 5.74) is 4.52. The summed E-state index contributed by atoms with van der Waals surface area (Å²) >= 11 is 0. The van der Waals surface area contributed by atoms with Crippen molar-refractivity contribution in [3.8, 4) is 0 Å². The molecule has 0 saturated heterocycles. The average molecular weight is 248 g/mol. The predicted octanol–water partition coefficient (Wildman–Crippen LogP) is 4.64. The standard InChI is InChI=1S/C18H16O/c1-12-9-15(10-13(12)2)17-8-7-14-5-3-4-6-16(14)18(17)11-19/h3-11,15H,1-2H3. The van der Waals surface area contributed by atoms with Gasteiger partial charge in [0.05, 0.1) is 0 Å². The minimum absolute atomic E-state index is 0.227. The Labute approximate surface area is 113 Å². The molecule has 2 aromatic rings. The van der Waals surface area contributed by atoms with Crippen LogP contribution in [0.25, 0.3) is 10.8 Å². The smallest absolute Gasteiger partial charge is 0.150 e. The van der Waals surface area contributed by atoms with Crippen molar-refractivity contribution in [3.05, 3.63) is 70.8 Å². The van der Waals surface area contributed by atoms with E-state index in [-0.39, 0.29) is 5.92 Å². The molecule has 0 amide bonds. The molecule has 19 heavy (non-hydrogen) atoms. The molecule has 94 valence electrons. The van der Waals surface area contributed by atoms with E-state index in [0.717, 1.165) is 28.2 Å². The molecule has 1 aliphatic rings. The number of aldehydes is 1. The molecule has 0 atom stereocenters. The maximum atomic E-state index is 11.5. The maximum Gasteiger partial charge on any atom is 0.150 e. The first-order valence-electron chi connectivity index (χ1n) is 6.55. The highest BCUT2D eigenvalue weighted by Crippen LogP contribution is 2.34. The summed E-state index contributed by atoms with van der Waals surface area (Å²) in [6.45, 7) is 4.24. The molecule has 1 aliphatic carbocycles. The molecule has 0 unspecified atom stereocenters. The molecule has 3 rings (SSSR count). The van der Waals surface area contributed by atoms with Gasteiger partial charge in [0.15, 0.2) is 6.29 Å². The van der Waals surface area contributed by atoms with E-state index >= 15 is 0 Å². The third-order valence-electron chi connectivity index (χ3n) is 3.96. The largest absolute Gasteiger partial charge is 0.298 e. The lowest BCUT2D eigenvalue weighted by atomic mass is 9.91. The van der Waals surface area contributed by atoms with Gasteiger partial charge in [-0.1, -0.05) is 59.7 Å². The number of allylic oxidation sites excluding steroid dienone is 4. The Kier molecular flexibility index (Phi) is 2.83. The monoisotopic (exact) mass is 248 g/mol. The van der Waals surface area contributed by atoms with E-state index in [0.29, 0.717) is 0 Å². The molecule has 0 spiro atoms. The van der Waals surface area contributed by atoms with Gasteiger partial charge in [-0.15, -0.1) is 0 Å². The van der Waals surface area contributed by atoms with Crippen molar-refractivity contribution in [3.63, 3.8) is 0 Å². The second-order valence-electron chi connectivity index (χ2n) is 5.13. The summed E-state index contributed by atoms with van der Waals surface area (Å²) in [5.74, 6) is 0.227. The number of hydrogen-bond acceptors (Lipinski definition) is 1. The molecule has 0 saturated carbocycles. The first-order chi connectivity index (χ1) is 9.20. The molecule has 0 aliphatic heterocycles. The molecule has 2 aromatic carbocycles. The van der Waals surface area contributed by atoms with Gasteiger partial charge in [0.1, 0.15) is 0 Å². The van der Waals surface area contributed by atoms with Gasteiger partial charge in [0, 0.05) is 11.5 Å². The Hall–Kier alpha value is -2.15. The van der Waals surface area contributed by atoms with Crippen LogP contribution in [0.2, 0.25) is 0 Å². The topological polar surface area (TPSA) is 17.1 Å². The number of hydrogen-bond donors (Lipinski definition) is 0. The second-order valence-corrected chi connectivity index (χ2v) is 5.13. The van der Waals surface area contributed by atoms with Gasteiger partial charge in [0.2, 0.25) is 0 Å². The molecule has 0 aromatic heterocycles. The van der Waals surface area contributed by atoms with Gasteiger partial charge >= 0.3 is 0 Å². The van der Waals surface area contributed by atoms with E-state index in [2.05, 4.69) is 38.1 Å². The van der Waals surface area contributed by atoms with Gasteiger partial charge in [-0.2, -0.15) is 0 Å². The van der Waals surface area contributed by atoms with Gasteiger partial charge in [-0.3, -0.25) is 4.79 Å². The van der Waals surface area contributed by atoms with E-state index in [9.17, 15) is 4.79 Å². The van der Waals surface area contributed by atoms with Crippen molar-refractivity contribution in [2.24, 2.45) is 0 Å². The SMILES string of the molecule is CC1=CC(c2ccc3ccccc3c2C=O)C=C1C. The zero-order valence-electron chi connectivity index (χ0n) is 11.2. The van der Waals surface area contributed by atoms with Crippen LogP contribution in [0.4, 0.5) is 0 Å². The fraction of sp³-hybridized carbons (Fsp3) is 0.167. The summed E-state index contributed by atoms with van der Waals surface area (Å²) in [7, 11) is 0.